The first-order chi connectivity index (χ1) is 11.9. The molecule has 0 aliphatic rings. The van der Waals surface area contributed by atoms with Gasteiger partial charge in [0.25, 0.3) is 5.56 Å². The summed E-state index contributed by atoms with van der Waals surface area (Å²) in [5.74, 6) is 0.513. The molecule has 0 amide bonds. The number of amidine groups is 1. The maximum Gasteiger partial charge on any atom is 0.266 e. The predicted molar refractivity (Wildman–Crippen MR) is 111 cm³/mol. The third-order valence-corrected chi connectivity index (χ3v) is 5.73. The summed E-state index contributed by atoms with van der Waals surface area (Å²) >= 11 is 5.01. The zero-order chi connectivity index (χ0) is 17.7. The molecule has 3 N–H and O–H groups in total. The summed E-state index contributed by atoms with van der Waals surface area (Å²) in [7, 11) is 0. The first-order valence-corrected chi connectivity index (χ1v) is 9.56. The maximum absolute atomic E-state index is 12.5. The first-order valence-electron chi connectivity index (χ1n) is 7.95. The quantitative estimate of drug-likeness (QED) is 0.366. The number of thiophene rings is 1. The van der Waals surface area contributed by atoms with E-state index in [0.29, 0.717) is 5.84 Å². The van der Waals surface area contributed by atoms with Gasteiger partial charge in [0.05, 0.1) is 0 Å². The van der Waals surface area contributed by atoms with Gasteiger partial charge in [-0.1, -0.05) is 22.0 Å². The number of fused-ring (bicyclic) bond motifs is 5. The van der Waals surface area contributed by atoms with Crippen molar-refractivity contribution in [3.8, 4) is 0 Å². The second-order valence-electron chi connectivity index (χ2n) is 6.27. The summed E-state index contributed by atoms with van der Waals surface area (Å²) in [4.78, 5) is 19.9. The number of pyridine rings is 1. The Morgan fingerprint density at radius 1 is 1.20 bits per heavy atom. The Balaban J connectivity index is 2.13. The van der Waals surface area contributed by atoms with E-state index in [1.807, 2.05) is 44.2 Å². The Hall–Kier alpha value is -2.18. The second-order valence-corrected chi connectivity index (χ2v) is 8.24. The van der Waals surface area contributed by atoms with Crippen LogP contribution in [0, 0.1) is 0 Å². The highest BCUT2D eigenvalue weighted by atomic mass is 79.9. The number of rotatable bonds is 2. The highest BCUT2D eigenvalue weighted by molar-refractivity contribution is 9.10. The monoisotopic (exact) mass is 413 g/mol. The van der Waals surface area contributed by atoms with Crippen LogP contribution in [0.4, 0.5) is 0 Å². The van der Waals surface area contributed by atoms with E-state index in [9.17, 15) is 4.79 Å². The topological polar surface area (TPSA) is 71.2 Å². The Morgan fingerprint density at radius 3 is 2.76 bits per heavy atom. The maximum atomic E-state index is 12.5. The van der Waals surface area contributed by atoms with E-state index in [1.165, 1.54) is 11.3 Å². The van der Waals surface area contributed by atoms with Crippen LogP contribution in [0.25, 0.3) is 31.1 Å². The minimum Gasteiger partial charge on any atom is -0.383 e. The molecule has 4 nitrogen and oxygen atoms in total. The van der Waals surface area contributed by atoms with Gasteiger partial charge in [-0.2, -0.15) is 0 Å². The second kappa shape index (κ2) is 5.97. The van der Waals surface area contributed by atoms with Crippen LogP contribution in [0.5, 0.6) is 0 Å². The molecule has 0 bridgehead atoms. The smallest absolute Gasteiger partial charge is 0.266 e. The summed E-state index contributed by atoms with van der Waals surface area (Å²) in [6.45, 7) is 3.99. The van der Waals surface area contributed by atoms with Crippen molar-refractivity contribution in [3.63, 3.8) is 0 Å². The normalized spacial score (nSPS) is 12.7. The van der Waals surface area contributed by atoms with Gasteiger partial charge in [-0.05, 0) is 44.2 Å². The molecule has 0 fully saturated rings. The lowest BCUT2D eigenvalue weighted by atomic mass is 10.0. The van der Waals surface area contributed by atoms with Crippen molar-refractivity contribution in [3.05, 3.63) is 56.8 Å². The molecule has 0 saturated heterocycles. The van der Waals surface area contributed by atoms with Crippen molar-refractivity contribution in [1.82, 2.24) is 4.98 Å². The number of hydrogen-bond donors (Lipinski definition) is 2. The zero-order valence-corrected chi connectivity index (χ0v) is 16.2. The minimum absolute atomic E-state index is 0.0589. The Labute approximate surface area is 156 Å². The number of nitrogens with zero attached hydrogens (tertiary/aromatic N) is 1. The summed E-state index contributed by atoms with van der Waals surface area (Å²) < 4.78 is 2.81. The molecule has 4 rings (SSSR count). The zero-order valence-electron chi connectivity index (χ0n) is 13.8. The highest BCUT2D eigenvalue weighted by Crippen LogP contribution is 2.37. The Morgan fingerprint density at radius 2 is 2.00 bits per heavy atom. The number of benzene rings is 2. The van der Waals surface area contributed by atoms with Crippen molar-refractivity contribution in [2.75, 3.05) is 0 Å². The van der Waals surface area contributed by atoms with Gasteiger partial charge in [0, 0.05) is 42.5 Å². The number of aliphatic imine (C=N–C) groups is 1. The van der Waals surface area contributed by atoms with E-state index in [4.69, 9.17) is 5.73 Å². The van der Waals surface area contributed by atoms with E-state index in [0.717, 1.165) is 41.1 Å². The molecule has 2 aromatic heterocycles. The minimum atomic E-state index is -0.0589. The number of nitrogens with two attached hydrogens (primary N) is 1. The van der Waals surface area contributed by atoms with Crippen LogP contribution in [0.2, 0.25) is 0 Å². The molecular formula is C19H16BrN3OS. The molecule has 4 aromatic rings. The fourth-order valence-electron chi connectivity index (χ4n) is 3.05. The Bertz CT molecular complexity index is 1220. The van der Waals surface area contributed by atoms with Crippen LogP contribution in [0.1, 0.15) is 19.4 Å². The fraction of sp³-hybridized carbons (Fsp3) is 0.158. The number of H-pyrrole nitrogens is 1. The SMILES string of the molecule is CC(C)N=C(N)c1ccc2[nH]c(=O)c3sc4cc(Br)ccc4c3c2c1. The predicted octanol–water partition coefficient (Wildman–Crippen LogP) is 4.77. The highest BCUT2D eigenvalue weighted by Gasteiger charge is 2.14. The number of nitrogens with one attached hydrogen (secondary N) is 1. The fourth-order valence-corrected chi connectivity index (χ4v) is 4.71. The van der Waals surface area contributed by atoms with Gasteiger partial charge in [0.15, 0.2) is 0 Å². The summed E-state index contributed by atoms with van der Waals surface area (Å²) in [6.07, 6.45) is 0. The molecule has 0 saturated carbocycles. The number of hydrogen-bond acceptors (Lipinski definition) is 3. The van der Waals surface area contributed by atoms with E-state index in [2.05, 4.69) is 32.0 Å². The third kappa shape index (κ3) is 2.75. The van der Waals surface area contributed by atoms with Crippen LogP contribution >= 0.6 is 27.3 Å². The van der Waals surface area contributed by atoms with Crippen molar-refractivity contribution in [2.24, 2.45) is 10.7 Å². The lowest BCUT2D eigenvalue weighted by molar-refractivity contribution is 0.834. The molecule has 6 heteroatoms. The van der Waals surface area contributed by atoms with Crippen LogP contribution < -0.4 is 11.3 Å². The standard InChI is InChI=1S/C19H16BrN3OS/c1-9(2)22-18(21)10-3-6-14-13(7-10)16-12-5-4-11(20)8-15(12)25-17(16)19(24)23-14/h3-9H,1-2H3,(H2,21,22)(H,23,24). The molecule has 25 heavy (non-hydrogen) atoms. The summed E-state index contributed by atoms with van der Waals surface area (Å²) in [6, 6.07) is 12.0. The summed E-state index contributed by atoms with van der Waals surface area (Å²) in [5.41, 5.74) is 7.76. The van der Waals surface area contributed by atoms with Crippen molar-refractivity contribution >= 4 is 64.2 Å². The number of halogens is 1. The first kappa shape index (κ1) is 16.3. The number of aromatic amines is 1. The lowest BCUT2D eigenvalue weighted by Gasteiger charge is -2.06. The molecule has 0 spiro atoms. The average Bonchev–Trinajstić information content (AvgIpc) is 2.93. The van der Waals surface area contributed by atoms with Crippen LogP contribution in [0.3, 0.4) is 0 Å². The van der Waals surface area contributed by atoms with E-state index >= 15 is 0 Å². The van der Waals surface area contributed by atoms with Crippen LogP contribution in [0.15, 0.2) is 50.7 Å². The van der Waals surface area contributed by atoms with Gasteiger partial charge >= 0.3 is 0 Å². The molecule has 0 radical (unpaired) electrons. The van der Waals surface area contributed by atoms with Crippen LogP contribution in [-0.4, -0.2) is 16.9 Å². The average molecular weight is 414 g/mol. The molecule has 0 aliphatic heterocycles. The van der Waals surface area contributed by atoms with Crippen molar-refractivity contribution in [1.29, 1.82) is 0 Å². The molecule has 126 valence electrons. The van der Waals surface area contributed by atoms with E-state index < -0.39 is 0 Å². The molecule has 0 atom stereocenters. The molecule has 2 heterocycles. The van der Waals surface area contributed by atoms with Gasteiger partial charge in [-0.3, -0.25) is 9.79 Å². The molecule has 2 aromatic carbocycles. The molecular weight excluding hydrogens is 398 g/mol. The largest absolute Gasteiger partial charge is 0.383 e. The van der Waals surface area contributed by atoms with Crippen molar-refractivity contribution < 1.29 is 0 Å². The lowest BCUT2D eigenvalue weighted by Crippen LogP contribution is -2.16. The van der Waals surface area contributed by atoms with E-state index in [1.54, 1.807) is 0 Å². The van der Waals surface area contributed by atoms with Crippen molar-refractivity contribution in [2.45, 2.75) is 19.9 Å². The third-order valence-electron chi connectivity index (χ3n) is 4.09. The van der Waals surface area contributed by atoms with Gasteiger partial charge in [0.2, 0.25) is 0 Å². The van der Waals surface area contributed by atoms with Gasteiger partial charge < -0.3 is 10.7 Å². The molecule has 0 aliphatic carbocycles. The number of aromatic nitrogens is 1. The van der Waals surface area contributed by atoms with Crippen LogP contribution in [-0.2, 0) is 0 Å². The van der Waals surface area contributed by atoms with Gasteiger partial charge in [-0.25, -0.2) is 0 Å². The summed E-state index contributed by atoms with van der Waals surface area (Å²) in [5, 5.41) is 3.05. The van der Waals surface area contributed by atoms with Gasteiger partial charge in [0.1, 0.15) is 10.5 Å². The van der Waals surface area contributed by atoms with E-state index in [-0.39, 0.29) is 11.6 Å². The molecule has 0 unspecified atom stereocenters. The Kier molecular flexibility index (Phi) is 3.89. The van der Waals surface area contributed by atoms with Gasteiger partial charge in [-0.15, -0.1) is 11.3 Å².